The summed E-state index contributed by atoms with van der Waals surface area (Å²) >= 11 is 0. The van der Waals surface area contributed by atoms with Crippen molar-refractivity contribution in [2.75, 3.05) is 11.1 Å². The van der Waals surface area contributed by atoms with Gasteiger partial charge in [0.2, 0.25) is 11.9 Å². The molecule has 0 aliphatic heterocycles. The van der Waals surface area contributed by atoms with Crippen LogP contribution in [-0.4, -0.2) is 20.2 Å². The molecule has 0 spiro atoms. The van der Waals surface area contributed by atoms with Crippen LogP contribution in [0.25, 0.3) is 0 Å². The normalized spacial score (nSPS) is 10.2. The largest absolute Gasteiger partial charge is 0.368 e. The summed E-state index contributed by atoms with van der Waals surface area (Å²) < 4.78 is 0. The smallest absolute Gasteiger partial charge is 0.243 e. The summed E-state index contributed by atoms with van der Waals surface area (Å²) in [6.07, 6.45) is 3.62. The minimum atomic E-state index is 0.305. The molecule has 0 saturated carbocycles. The third-order valence-corrected chi connectivity index (χ3v) is 1.88. The van der Waals surface area contributed by atoms with E-state index in [2.05, 4.69) is 31.5 Å². The fraction of sp³-hybridized carbons (Fsp3) is 0.222. The Morgan fingerprint density at radius 1 is 1.47 bits per heavy atom. The first-order valence-electron chi connectivity index (χ1n) is 4.56. The van der Waals surface area contributed by atoms with Gasteiger partial charge < -0.3 is 11.1 Å². The predicted octanol–water partition coefficient (Wildman–Crippen LogP) is 0.702. The summed E-state index contributed by atoms with van der Waals surface area (Å²) in [5, 5.41) is 9.45. The summed E-state index contributed by atoms with van der Waals surface area (Å²) in [6.45, 7) is 2.63. The summed E-state index contributed by atoms with van der Waals surface area (Å²) in [7, 11) is 0. The van der Waals surface area contributed by atoms with Crippen molar-refractivity contribution in [3.8, 4) is 0 Å². The van der Waals surface area contributed by atoms with Crippen LogP contribution in [0.4, 0.5) is 11.9 Å². The molecule has 2 rings (SSSR count). The first-order valence-corrected chi connectivity index (χ1v) is 4.56. The minimum absolute atomic E-state index is 0.305. The molecule has 4 N–H and O–H groups in total. The van der Waals surface area contributed by atoms with Crippen molar-refractivity contribution in [1.82, 2.24) is 20.2 Å². The number of nitrogens with zero attached hydrogens (tertiary/aromatic N) is 3. The van der Waals surface area contributed by atoms with Gasteiger partial charge in [0.25, 0.3) is 0 Å². The third-order valence-electron chi connectivity index (χ3n) is 1.88. The van der Waals surface area contributed by atoms with E-state index in [-0.39, 0.29) is 0 Å². The number of H-pyrrole nitrogens is 1. The molecule has 0 aromatic carbocycles. The third kappa shape index (κ3) is 2.43. The zero-order valence-corrected chi connectivity index (χ0v) is 8.36. The number of aryl methyl sites for hydroxylation is 1. The first-order chi connectivity index (χ1) is 7.24. The van der Waals surface area contributed by atoms with Crippen molar-refractivity contribution < 1.29 is 0 Å². The van der Waals surface area contributed by atoms with Gasteiger partial charge >= 0.3 is 0 Å². The summed E-state index contributed by atoms with van der Waals surface area (Å²) in [5.74, 6) is 0.800. The van der Waals surface area contributed by atoms with Crippen molar-refractivity contribution >= 4 is 11.9 Å². The van der Waals surface area contributed by atoms with Gasteiger partial charge in [0.1, 0.15) is 0 Å². The van der Waals surface area contributed by atoms with E-state index >= 15 is 0 Å². The fourth-order valence-corrected chi connectivity index (χ4v) is 1.25. The van der Waals surface area contributed by atoms with E-state index < -0.39 is 0 Å². The standard InChI is InChI=1S/C9H12N6/c1-6-2-7(4-11-3-6)5-12-9-13-8(10)14-15-9/h2-4H,5H2,1H3,(H4,10,12,13,14,15). The quantitative estimate of drug-likeness (QED) is 0.684. The van der Waals surface area contributed by atoms with Crippen LogP contribution in [0.2, 0.25) is 0 Å². The number of nitrogen functional groups attached to an aromatic ring is 1. The van der Waals surface area contributed by atoms with Crippen molar-refractivity contribution in [2.45, 2.75) is 13.5 Å². The van der Waals surface area contributed by atoms with Gasteiger partial charge in [-0.1, -0.05) is 6.07 Å². The fourth-order valence-electron chi connectivity index (χ4n) is 1.25. The van der Waals surface area contributed by atoms with Crippen LogP contribution in [0, 0.1) is 6.92 Å². The van der Waals surface area contributed by atoms with Crippen molar-refractivity contribution in [1.29, 1.82) is 0 Å². The Balaban J connectivity index is 1.99. The Morgan fingerprint density at radius 3 is 3.00 bits per heavy atom. The molecule has 0 aliphatic carbocycles. The lowest BCUT2D eigenvalue weighted by Gasteiger charge is -2.01. The van der Waals surface area contributed by atoms with E-state index in [0.717, 1.165) is 11.1 Å². The first kappa shape index (κ1) is 9.45. The number of aromatic nitrogens is 4. The molecule has 6 nitrogen and oxygen atoms in total. The van der Waals surface area contributed by atoms with Crippen LogP contribution in [-0.2, 0) is 6.54 Å². The lowest BCUT2D eigenvalue weighted by atomic mass is 10.2. The Labute approximate surface area is 86.9 Å². The molecular formula is C9H12N6. The molecule has 0 aliphatic rings. The number of hydrogen-bond acceptors (Lipinski definition) is 5. The van der Waals surface area contributed by atoms with Gasteiger partial charge in [0.15, 0.2) is 0 Å². The number of hydrogen-bond donors (Lipinski definition) is 3. The molecule has 2 heterocycles. The molecule has 0 bridgehead atoms. The van der Waals surface area contributed by atoms with Gasteiger partial charge in [-0.2, -0.15) is 4.98 Å². The Kier molecular flexibility index (Phi) is 2.49. The SMILES string of the molecule is Cc1cncc(CNc2n[nH]c(N)n2)c1. The van der Waals surface area contributed by atoms with Crippen LogP contribution in [0.5, 0.6) is 0 Å². The summed E-state index contributed by atoms with van der Waals surface area (Å²) in [6, 6.07) is 2.05. The maximum absolute atomic E-state index is 5.39. The van der Waals surface area contributed by atoms with Gasteiger partial charge in [-0.05, 0) is 18.1 Å². The van der Waals surface area contributed by atoms with E-state index in [1.807, 2.05) is 13.1 Å². The molecule has 78 valence electrons. The van der Waals surface area contributed by atoms with E-state index in [0.29, 0.717) is 18.4 Å². The average molecular weight is 204 g/mol. The van der Waals surface area contributed by atoms with Gasteiger partial charge in [-0.3, -0.25) is 4.98 Å². The lowest BCUT2D eigenvalue weighted by molar-refractivity contribution is 1.03. The van der Waals surface area contributed by atoms with Crippen LogP contribution >= 0.6 is 0 Å². The van der Waals surface area contributed by atoms with Crippen molar-refractivity contribution in [3.05, 3.63) is 29.6 Å². The molecule has 15 heavy (non-hydrogen) atoms. The molecule has 2 aromatic heterocycles. The summed E-state index contributed by atoms with van der Waals surface area (Å²) in [5.41, 5.74) is 7.60. The minimum Gasteiger partial charge on any atom is -0.368 e. The second kappa shape index (κ2) is 3.95. The molecule has 0 amide bonds. The molecular weight excluding hydrogens is 192 g/mol. The topological polar surface area (TPSA) is 92.5 Å². The lowest BCUT2D eigenvalue weighted by Crippen LogP contribution is -2.01. The zero-order chi connectivity index (χ0) is 10.7. The van der Waals surface area contributed by atoms with Gasteiger partial charge in [-0.15, -0.1) is 5.10 Å². The predicted molar refractivity (Wildman–Crippen MR) is 57.1 cm³/mol. The second-order valence-corrected chi connectivity index (χ2v) is 3.27. The highest BCUT2D eigenvalue weighted by atomic mass is 15.3. The zero-order valence-electron chi connectivity index (χ0n) is 8.36. The Bertz CT molecular complexity index is 449. The molecule has 0 fully saturated rings. The molecule has 2 aromatic rings. The highest BCUT2D eigenvalue weighted by molar-refractivity contribution is 5.31. The number of nitrogens with two attached hydrogens (primary N) is 1. The van der Waals surface area contributed by atoms with Crippen LogP contribution in [0.3, 0.4) is 0 Å². The average Bonchev–Trinajstić information content (AvgIpc) is 2.62. The van der Waals surface area contributed by atoms with Gasteiger partial charge in [0, 0.05) is 18.9 Å². The van der Waals surface area contributed by atoms with Crippen molar-refractivity contribution in [3.63, 3.8) is 0 Å². The second-order valence-electron chi connectivity index (χ2n) is 3.27. The molecule has 0 saturated heterocycles. The highest BCUT2D eigenvalue weighted by Crippen LogP contribution is 2.05. The van der Waals surface area contributed by atoms with Crippen LogP contribution < -0.4 is 11.1 Å². The molecule has 0 unspecified atom stereocenters. The van der Waals surface area contributed by atoms with Gasteiger partial charge in [0.05, 0.1) is 0 Å². The number of pyridine rings is 1. The molecule has 6 heteroatoms. The Morgan fingerprint density at radius 2 is 2.33 bits per heavy atom. The number of aromatic amines is 1. The maximum atomic E-state index is 5.39. The van der Waals surface area contributed by atoms with Gasteiger partial charge in [-0.25, -0.2) is 5.10 Å². The van der Waals surface area contributed by atoms with Crippen LogP contribution in [0.1, 0.15) is 11.1 Å². The Hall–Kier alpha value is -2.11. The number of anilines is 2. The van der Waals surface area contributed by atoms with Crippen LogP contribution in [0.15, 0.2) is 18.5 Å². The van der Waals surface area contributed by atoms with Crippen molar-refractivity contribution in [2.24, 2.45) is 0 Å². The maximum Gasteiger partial charge on any atom is 0.243 e. The number of nitrogens with one attached hydrogen (secondary N) is 2. The van der Waals surface area contributed by atoms with E-state index in [4.69, 9.17) is 5.73 Å². The number of rotatable bonds is 3. The highest BCUT2D eigenvalue weighted by Gasteiger charge is 1.99. The monoisotopic (exact) mass is 204 g/mol. The molecule has 0 atom stereocenters. The van der Waals surface area contributed by atoms with E-state index in [1.54, 1.807) is 6.20 Å². The van der Waals surface area contributed by atoms with E-state index in [9.17, 15) is 0 Å². The van der Waals surface area contributed by atoms with E-state index in [1.165, 1.54) is 0 Å². The summed E-state index contributed by atoms with van der Waals surface area (Å²) in [4.78, 5) is 8.02. The molecule has 0 radical (unpaired) electrons.